The smallest absolute Gasteiger partial charge is 0.251 e. The van der Waals surface area contributed by atoms with Crippen molar-refractivity contribution in [2.45, 2.75) is 32.7 Å². The second kappa shape index (κ2) is 4.79. The van der Waals surface area contributed by atoms with E-state index in [1.54, 1.807) is 0 Å². The minimum atomic E-state index is -0.153. The summed E-state index contributed by atoms with van der Waals surface area (Å²) < 4.78 is 0.921. The highest BCUT2D eigenvalue weighted by atomic mass is 79.9. The lowest BCUT2D eigenvalue weighted by Crippen LogP contribution is -2.42. The number of hydrogen-bond acceptors (Lipinski definition) is 1. The van der Waals surface area contributed by atoms with Gasteiger partial charge in [-0.1, -0.05) is 28.9 Å². The fourth-order valence-corrected chi connectivity index (χ4v) is 1.50. The van der Waals surface area contributed by atoms with Crippen LogP contribution >= 0.6 is 15.9 Å². The van der Waals surface area contributed by atoms with E-state index in [0.717, 1.165) is 10.9 Å². The molecule has 15 heavy (non-hydrogen) atoms. The van der Waals surface area contributed by atoms with Crippen LogP contribution in [0.25, 0.3) is 0 Å². The van der Waals surface area contributed by atoms with Crippen LogP contribution in [0.3, 0.4) is 0 Å². The summed E-state index contributed by atoms with van der Waals surface area (Å²) in [6.07, 6.45) is 0.909. The fourth-order valence-electron chi connectivity index (χ4n) is 1.10. The van der Waals surface area contributed by atoms with E-state index in [2.05, 4.69) is 28.2 Å². The molecule has 0 aromatic heterocycles. The first-order valence-electron chi connectivity index (χ1n) is 5.03. The molecule has 0 aliphatic rings. The third kappa shape index (κ3) is 3.67. The SMILES string of the molecule is CCC(C)(C)NC(=O)c1cccc(Br)c1. The van der Waals surface area contributed by atoms with Crippen LogP contribution in [0.5, 0.6) is 0 Å². The van der Waals surface area contributed by atoms with Crippen molar-refractivity contribution in [3.05, 3.63) is 34.3 Å². The van der Waals surface area contributed by atoms with E-state index < -0.39 is 0 Å². The molecule has 3 heteroatoms. The second-order valence-electron chi connectivity index (χ2n) is 4.20. The first kappa shape index (κ1) is 12.2. The summed E-state index contributed by atoms with van der Waals surface area (Å²) in [7, 11) is 0. The molecule has 0 atom stereocenters. The van der Waals surface area contributed by atoms with Gasteiger partial charge in [0.05, 0.1) is 0 Å². The standard InChI is InChI=1S/C12H16BrNO/c1-4-12(2,3)14-11(15)9-6-5-7-10(13)8-9/h5-8H,4H2,1-3H3,(H,14,15). The number of hydrogen-bond donors (Lipinski definition) is 1. The largest absolute Gasteiger partial charge is 0.347 e. The monoisotopic (exact) mass is 269 g/mol. The number of rotatable bonds is 3. The normalized spacial score (nSPS) is 11.2. The van der Waals surface area contributed by atoms with Crippen molar-refractivity contribution in [3.8, 4) is 0 Å². The van der Waals surface area contributed by atoms with Crippen molar-refractivity contribution in [2.24, 2.45) is 0 Å². The summed E-state index contributed by atoms with van der Waals surface area (Å²) in [5.74, 6) is -0.0249. The zero-order valence-electron chi connectivity index (χ0n) is 9.30. The van der Waals surface area contributed by atoms with Crippen LogP contribution in [0.2, 0.25) is 0 Å². The van der Waals surface area contributed by atoms with E-state index in [-0.39, 0.29) is 11.4 Å². The number of carbonyl (C=O) groups excluding carboxylic acids is 1. The molecule has 0 radical (unpaired) electrons. The molecule has 0 saturated heterocycles. The van der Waals surface area contributed by atoms with Gasteiger partial charge in [0.15, 0.2) is 0 Å². The molecule has 0 fully saturated rings. The predicted octanol–water partition coefficient (Wildman–Crippen LogP) is 3.37. The quantitative estimate of drug-likeness (QED) is 0.896. The highest BCUT2D eigenvalue weighted by molar-refractivity contribution is 9.10. The number of nitrogens with one attached hydrogen (secondary N) is 1. The molecule has 1 rings (SSSR count). The molecule has 1 amide bonds. The maximum Gasteiger partial charge on any atom is 0.251 e. The van der Waals surface area contributed by atoms with Crippen LogP contribution in [-0.4, -0.2) is 11.4 Å². The number of benzene rings is 1. The van der Waals surface area contributed by atoms with Crippen molar-refractivity contribution < 1.29 is 4.79 Å². The van der Waals surface area contributed by atoms with Crippen molar-refractivity contribution in [1.29, 1.82) is 0 Å². The highest BCUT2D eigenvalue weighted by Crippen LogP contribution is 2.13. The van der Waals surface area contributed by atoms with Crippen molar-refractivity contribution in [3.63, 3.8) is 0 Å². The molecule has 0 spiro atoms. The Morgan fingerprint density at radius 2 is 2.13 bits per heavy atom. The Balaban J connectivity index is 2.78. The minimum Gasteiger partial charge on any atom is -0.347 e. The molecule has 2 nitrogen and oxygen atoms in total. The molecule has 0 aliphatic carbocycles. The van der Waals surface area contributed by atoms with Crippen LogP contribution in [0.15, 0.2) is 28.7 Å². The molecule has 0 aliphatic heterocycles. The lowest BCUT2D eigenvalue weighted by molar-refractivity contribution is 0.0911. The first-order valence-corrected chi connectivity index (χ1v) is 5.82. The average molecular weight is 270 g/mol. The molecular formula is C12H16BrNO. The van der Waals surface area contributed by atoms with Crippen molar-refractivity contribution >= 4 is 21.8 Å². The Labute approximate surface area is 99.2 Å². The third-order valence-electron chi connectivity index (χ3n) is 2.42. The van der Waals surface area contributed by atoms with Gasteiger partial charge in [0.1, 0.15) is 0 Å². The van der Waals surface area contributed by atoms with Crippen LogP contribution in [-0.2, 0) is 0 Å². The molecule has 1 aromatic carbocycles. The van der Waals surface area contributed by atoms with Gasteiger partial charge in [0.25, 0.3) is 5.91 Å². The molecule has 0 saturated carbocycles. The zero-order valence-corrected chi connectivity index (χ0v) is 10.9. The Kier molecular flexibility index (Phi) is 3.91. The Morgan fingerprint density at radius 1 is 1.47 bits per heavy atom. The van der Waals surface area contributed by atoms with Gasteiger partial charge in [-0.05, 0) is 38.5 Å². The maximum atomic E-state index is 11.8. The number of halogens is 1. The zero-order chi connectivity index (χ0) is 11.5. The van der Waals surface area contributed by atoms with E-state index >= 15 is 0 Å². The van der Waals surface area contributed by atoms with Crippen molar-refractivity contribution in [2.75, 3.05) is 0 Å². The summed E-state index contributed by atoms with van der Waals surface area (Å²) >= 11 is 3.35. The molecule has 1 N–H and O–H groups in total. The van der Waals surface area contributed by atoms with Gasteiger partial charge in [-0.25, -0.2) is 0 Å². The van der Waals surface area contributed by atoms with Gasteiger partial charge in [0, 0.05) is 15.6 Å². The van der Waals surface area contributed by atoms with Crippen molar-refractivity contribution in [1.82, 2.24) is 5.32 Å². The molecule has 0 unspecified atom stereocenters. The van der Waals surface area contributed by atoms with E-state index in [9.17, 15) is 4.79 Å². The van der Waals surface area contributed by atoms with Gasteiger partial charge < -0.3 is 5.32 Å². The van der Waals surface area contributed by atoms with E-state index in [0.29, 0.717) is 5.56 Å². The molecular weight excluding hydrogens is 254 g/mol. The Hall–Kier alpha value is -0.830. The summed E-state index contributed by atoms with van der Waals surface area (Å²) in [5.41, 5.74) is 0.533. The first-order chi connectivity index (χ1) is 6.94. The lowest BCUT2D eigenvalue weighted by atomic mass is 10.0. The summed E-state index contributed by atoms with van der Waals surface area (Å²) in [4.78, 5) is 11.8. The summed E-state index contributed by atoms with van der Waals surface area (Å²) in [6.45, 7) is 6.09. The second-order valence-corrected chi connectivity index (χ2v) is 5.12. The van der Waals surface area contributed by atoms with Crippen LogP contribution in [0.4, 0.5) is 0 Å². The Bertz CT molecular complexity index is 360. The molecule has 1 aromatic rings. The summed E-state index contributed by atoms with van der Waals surface area (Å²) in [5, 5.41) is 2.99. The number of carbonyl (C=O) groups is 1. The van der Waals surface area contributed by atoms with Gasteiger partial charge in [-0.3, -0.25) is 4.79 Å². The molecule has 0 bridgehead atoms. The predicted molar refractivity (Wildman–Crippen MR) is 66.0 cm³/mol. The fraction of sp³-hybridized carbons (Fsp3) is 0.417. The Morgan fingerprint density at radius 3 is 2.67 bits per heavy atom. The third-order valence-corrected chi connectivity index (χ3v) is 2.92. The van der Waals surface area contributed by atoms with Crippen LogP contribution in [0, 0.1) is 0 Å². The van der Waals surface area contributed by atoms with Gasteiger partial charge in [-0.15, -0.1) is 0 Å². The lowest BCUT2D eigenvalue weighted by Gasteiger charge is -2.24. The van der Waals surface area contributed by atoms with E-state index in [1.165, 1.54) is 0 Å². The summed E-state index contributed by atoms with van der Waals surface area (Å²) in [6, 6.07) is 7.40. The van der Waals surface area contributed by atoms with E-state index in [1.807, 2.05) is 38.1 Å². The highest BCUT2D eigenvalue weighted by Gasteiger charge is 2.18. The van der Waals surface area contributed by atoms with Gasteiger partial charge in [-0.2, -0.15) is 0 Å². The number of amides is 1. The van der Waals surface area contributed by atoms with Crippen LogP contribution < -0.4 is 5.32 Å². The topological polar surface area (TPSA) is 29.1 Å². The van der Waals surface area contributed by atoms with E-state index in [4.69, 9.17) is 0 Å². The minimum absolute atomic E-state index is 0.0249. The van der Waals surface area contributed by atoms with Gasteiger partial charge >= 0.3 is 0 Å². The average Bonchev–Trinajstić information content (AvgIpc) is 2.17. The molecule has 0 heterocycles. The molecule has 82 valence electrons. The maximum absolute atomic E-state index is 11.8. The van der Waals surface area contributed by atoms with Gasteiger partial charge in [0.2, 0.25) is 0 Å². The van der Waals surface area contributed by atoms with Crippen LogP contribution in [0.1, 0.15) is 37.6 Å².